The number of hydroxylamine groups is 2. The van der Waals surface area contributed by atoms with E-state index >= 15 is 0 Å². The number of carbonyl (C=O) groups excluding carboxylic acids is 2. The Balaban J connectivity index is 1.37. The molecule has 16 atom stereocenters. The predicted molar refractivity (Wildman–Crippen MR) is 215 cm³/mol. The van der Waals surface area contributed by atoms with Gasteiger partial charge in [-0.2, -0.15) is 5.26 Å². The van der Waals surface area contributed by atoms with Crippen molar-refractivity contribution >= 4 is 11.9 Å². The van der Waals surface area contributed by atoms with Crippen LogP contribution in [-0.2, 0) is 47.6 Å². The molecule has 3 fully saturated rings. The van der Waals surface area contributed by atoms with Crippen molar-refractivity contribution < 1.29 is 57.8 Å². The molecule has 59 heavy (non-hydrogen) atoms. The highest BCUT2D eigenvalue weighted by Crippen LogP contribution is 2.47. The topological polar surface area (TPSA) is 175 Å². The van der Waals surface area contributed by atoms with Crippen LogP contribution in [0.5, 0.6) is 0 Å². The Morgan fingerprint density at radius 3 is 2.54 bits per heavy atom. The van der Waals surface area contributed by atoms with Crippen molar-refractivity contribution in [1.29, 1.82) is 5.26 Å². The fraction of sp³-hybridized carbons (Fsp3) is 0.711. The zero-order valence-electron chi connectivity index (χ0n) is 36.2. The Morgan fingerprint density at radius 1 is 1.12 bits per heavy atom. The zero-order valence-corrected chi connectivity index (χ0v) is 36.2. The van der Waals surface area contributed by atoms with E-state index in [1.54, 1.807) is 32.1 Å². The van der Waals surface area contributed by atoms with Gasteiger partial charge < -0.3 is 48.2 Å². The molecule has 6 rings (SSSR count). The lowest BCUT2D eigenvalue weighted by atomic mass is 9.71. The average Bonchev–Trinajstić information content (AvgIpc) is 3.53. The Bertz CT molecular complexity index is 1770. The first-order valence-electron chi connectivity index (χ1n) is 21.1. The van der Waals surface area contributed by atoms with E-state index < -0.39 is 83.8 Å². The minimum Gasteiger partial charge on any atom is -0.462 e. The van der Waals surface area contributed by atoms with E-state index in [1.165, 1.54) is 26.1 Å². The fourth-order valence-corrected chi connectivity index (χ4v) is 9.87. The number of esters is 1. The van der Waals surface area contributed by atoms with Gasteiger partial charge in [0.1, 0.15) is 29.8 Å². The number of hydrogen-bond donors (Lipinski definition) is 2. The molecule has 2 bridgehead atoms. The van der Waals surface area contributed by atoms with Gasteiger partial charge in [0, 0.05) is 52.2 Å². The maximum Gasteiger partial charge on any atom is 0.322 e. The van der Waals surface area contributed by atoms with Gasteiger partial charge in [-0.3, -0.25) is 9.59 Å². The molecule has 0 aromatic rings. The number of fused-ring (bicyclic) bond motifs is 2. The molecule has 0 amide bonds. The van der Waals surface area contributed by atoms with Crippen molar-refractivity contribution in [2.45, 2.75) is 160 Å². The summed E-state index contributed by atoms with van der Waals surface area (Å²) in [7, 11) is 3.01. The zero-order chi connectivity index (χ0) is 43.0. The van der Waals surface area contributed by atoms with Crippen LogP contribution in [0.3, 0.4) is 0 Å². The monoisotopic (exact) mass is 824 g/mol. The van der Waals surface area contributed by atoms with Crippen LogP contribution in [-0.4, -0.2) is 120 Å². The van der Waals surface area contributed by atoms with Gasteiger partial charge in [0.2, 0.25) is 0 Å². The van der Waals surface area contributed by atoms with E-state index in [2.05, 4.69) is 39.0 Å². The number of aliphatic hydroxyl groups excluding tert-OH is 1. The van der Waals surface area contributed by atoms with Crippen molar-refractivity contribution in [2.24, 2.45) is 23.7 Å². The van der Waals surface area contributed by atoms with Gasteiger partial charge in [0.25, 0.3) is 0 Å². The highest BCUT2D eigenvalue weighted by Gasteiger charge is 2.60. The number of hydrogen-bond acceptors (Lipinski definition) is 14. The largest absolute Gasteiger partial charge is 0.462 e. The van der Waals surface area contributed by atoms with Crippen molar-refractivity contribution in [3.05, 3.63) is 59.3 Å². The molecule has 5 heterocycles. The first-order chi connectivity index (χ1) is 27.9. The van der Waals surface area contributed by atoms with Gasteiger partial charge in [-0.15, -0.1) is 5.06 Å². The number of nitriles is 1. The van der Waals surface area contributed by atoms with E-state index in [9.17, 15) is 25.1 Å². The SMILES string of the molecule is CCC(C)[C@H]1O[C@]2(C=C[C@@H]1C)C[C@@H]1C[C@@H](CC=C(C)[C@@H](O[C@H]3C[C@H](OC)[C@](C#N)(N(C)OC(C)=O)[C@H](C)O3)C(C)C=CC=C3COC4[C@H](O)C(C)=C[C@@H](C(=O)O1)[C@]34O)O2. The molecule has 0 saturated carbocycles. The van der Waals surface area contributed by atoms with Gasteiger partial charge in [0.05, 0.1) is 43.2 Å². The summed E-state index contributed by atoms with van der Waals surface area (Å²) >= 11 is 0. The van der Waals surface area contributed by atoms with Crippen LogP contribution in [0.1, 0.15) is 87.5 Å². The molecule has 326 valence electrons. The van der Waals surface area contributed by atoms with Gasteiger partial charge >= 0.3 is 11.9 Å². The number of allylic oxidation sites excluding steroid dienone is 2. The van der Waals surface area contributed by atoms with Gasteiger partial charge in [-0.25, -0.2) is 0 Å². The molecular weight excluding hydrogens is 760 g/mol. The van der Waals surface area contributed by atoms with Gasteiger partial charge in [-0.05, 0) is 55.9 Å². The highest BCUT2D eigenvalue weighted by atomic mass is 16.7. The Kier molecular flexibility index (Phi) is 13.8. The van der Waals surface area contributed by atoms with E-state index in [1.807, 2.05) is 26.0 Å². The van der Waals surface area contributed by atoms with Crippen LogP contribution in [0.2, 0.25) is 0 Å². The standard InChI is InChI=1S/C45H64N2O12/c1-11-25(2)40-28(5)17-18-43(58-40)22-34-20-33(57-43)16-15-27(4)39(56-37-21-36(52-10)44(24-46,30(7)54-37)47(9)59-31(8)48)26(3)13-12-14-32-23-53-41-38(49)29(6)19-35(42(50)55-34)45(32,41)51/h12-15,17-19,25-26,28,30,33-41,49,51H,11,16,20-23H2,1-10H3/t25?,26?,28-,30-,33+,34-,35-,36-,37-,38+,39-,40+,41?,43+,44+,45+/m0/s1. The molecule has 6 aliphatic rings. The number of likely N-dealkylation sites (N-methyl/N-ethyl adjacent to an activating group) is 1. The molecule has 2 N–H and O–H groups in total. The summed E-state index contributed by atoms with van der Waals surface area (Å²) in [6.07, 6.45) is 9.21. The molecule has 1 aliphatic carbocycles. The van der Waals surface area contributed by atoms with Crippen LogP contribution in [0.4, 0.5) is 0 Å². The molecule has 1 spiro atoms. The van der Waals surface area contributed by atoms with Crippen molar-refractivity contribution in [1.82, 2.24) is 5.06 Å². The van der Waals surface area contributed by atoms with Gasteiger partial charge in [0.15, 0.2) is 17.6 Å². The van der Waals surface area contributed by atoms with E-state index in [0.717, 1.165) is 12.0 Å². The molecule has 0 radical (unpaired) electrons. The lowest BCUT2D eigenvalue weighted by Crippen LogP contribution is -2.66. The molecular formula is C45H64N2O12. The summed E-state index contributed by atoms with van der Waals surface area (Å²) in [5, 5.41) is 35.3. The molecule has 3 unspecified atom stereocenters. The molecule has 14 nitrogen and oxygen atoms in total. The van der Waals surface area contributed by atoms with E-state index in [0.29, 0.717) is 24.0 Å². The summed E-state index contributed by atoms with van der Waals surface area (Å²) in [5.74, 6) is -3.31. The number of ether oxygens (including phenoxy) is 7. The summed E-state index contributed by atoms with van der Waals surface area (Å²) < 4.78 is 45.2. The summed E-state index contributed by atoms with van der Waals surface area (Å²) in [4.78, 5) is 31.6. The van der Waals surface area contributed by atoms with Crippen molar-refractivity contribution in [3.63, 3.8) is 0 Å². The summed E-state index contributed by atoms with van der Waals surface area (Å²) in [5.41, 5.74) is -1.45. The first kappa shape index (κ1) is 45.3. The van der Waals surface area contributed by atoms with E-state index in [4.69, 9.17) is 38.0 Å². The lowest BCUT2D eigenvalue weighted by molar-refractivity contribution is -0.302. The number of methoxy groups -OCH3 is 1. The molecule has 5 aliphatic heterocycles. The third kappa shape index (κ3) is 8.65. The molecule has 3 saturated heterocycles. The van der Waals surface area contributed by atoms with Crippen LogP contribution >= 0.6 is 0 Å². The first-order valence-corrected chi connectivity index (χ1v) is 21.1. The van der Waals surface area contributed by atoms with Crippen LogP contribution in [0.15, 0.2) is 59.3 Å². The number of rotatable bonds is 7. The lowest BCUT2D eigenvalue weighted by Gasteiger charge is -2.48. The van der Waals surface area contributed by atoms with Gasteiger partial charge in [-0.1, -0.05) is 70.6 Å². The Hall–Kier alpha value is -3.23. The number of nitrogens with zero attached hydrogens (tertiary/aromatic N) is 2. The minimum atomic E-state index is -1.86. The normalized spacial score (nSPS) is 43.2. The smallest absolute Gasteiger partial charge is 0.322 e. The summed E-state index contributed by atoms with van der Waals surface area (Å²) in [6, 6.07) is 2.29. The fourth-order valence-electron chi connectivity index (χ4n) is 9.87. The Morgan fingerprint density at radius 2 is 1.86 bits per heavy atom. The molecule has 14 heteroatoms. The third-order valence-corrected chi connectivity index (χ3v) is 13.4. The number of carbonyl (C=O) groups is 2. The van der Waals surface area contributed by atoms with E-state index in [-0.39, 0.29) is 43.3 Å². The third-order valence-electron chi connectivity index (χ3n) is 13.4. The second kappa shape index (κ2) is 18.0. The maximum absolute atomic E-state index is 14.3. The Labute approximate surface area is 348 Å². The van der Waals surface area contributed by atoms with Crippen molar-refractivity contribution in [2.75, 3.05) is 20.8 Å². The van der Waals surface area contributed by atoms with Crippen LogP contribution in [0.25, 0.3) is 0 Å². The van der Waals surface area contributed by atoms with Crippen LogP contribution in [0, 0.1) is 35.0 Å². The quantitative estimate of drug-likeness (QED) is 0.196. The molecule has 0 aromatic heterocycles. The second-order valence-corrected chi connectivity index (χ2v) is 17.5. The van der Waals surface area contributed by atoms with Crippen molar-refractivity contribution in [3.8, 4) is 6.07 Å². The highest BCUT2D eigenvalue weighted by molar-refractivity contribution is 5.78. The summed E-state index contributed by atoms with van der Waals surface area (Å²) in [6.45, 7) is 15.1. The number of aliphatic hydroxyl groups is 2. The van der Waals surface area contributed by atoms with Crippen LogP contribution < -0.4 is 0 Å². The molecule has 0 aromatic carbocycles. The average molecular weight is 825 g/mol. The maximum atomic E-state index is 14.3. The minimum absolute atomic E-state index is 0.00558. The second-order valence-electron chi connectivity index (χ2n) is 17.5. The predicted octanol–water partition coefficient (Wildman–Crippen LogP) is 5.15.